The van der Waals surface area contributed by atoms with E-state index in [2.05, 4.69) is 19.1 Å². The van der Waals surface area contributed by atoms with Crippen molar-refractivity contribution in [2.24, 2.45) is 0 Å². The molecule has 0 saturated heterocycles. The topological polar surface area (TPSA) is 51.7 Å². The molecule has 31 heavy (non-hydrogen) atoms. The first-order valence-electron chi connectivity index (χ1n) is 10.0. The summed E-state index contributed by atoms with van der Waals surface area (Å²) < 4.78 is 12.2. The van der Waals surface area contributed by atoms with Gasteiger partial charge in [-0.25, -0.2) is 4.98 Å². The molecule has 0 aliphatic heterocycles. The fraction of sp³-hybridized carbons (Fsp3) is 0.200. The summed E-state index contributed by atoms with van der Waals surface area (Å²) >= 11 is 1.52. The number of carbonyl (C=O) groups excluding carboxylic acids is 1. The molecule has 5 nitrogen and oxygen atoms in total. The van der Waals surface area contributed by atoms with Crippen LogP contribution in [0.1, 0.15) is 16.7 Å². The van der Waals surface area contributed by atoms with Gasteiger partial charge in [0.15, 0.2) is 23.2 Å². The maximum atomic E-state index is 13.3. The van der Waals surface area contributed by atoms with E-state index in [1.165, 1.54) is 16.9 Å². The summed E-state index contributed by atoms with van der Waals surface area (Å²) in [6, 6.07) is 21.4. The summed E-state index contributed by atoms with van der Waals surface area (Å²) in [5, 5.41) is 0.668. The van der Waals surface area contributed by atoms with Crippen LogP contribution in [0.5, 0.6) is 11.5 Å². The molecule has 0 fully saturated rings. The molecular formula is C25H24N2O3S. The second-order valence-electron chi connectivity index (χ2n) is 7.33. The van der Waals surface area contributed by atoms with Gasteiger partial charge in [-0.05, 0) is 48.7 Å². The number of aromatic nitrogens is 1. The van der Waals surface area contributed by atoms with E-state index in [0.29, 0.717) is 23.2 Å². The van der Waals surface area contributed by atoms with E-state index >= 15 is 0 Å². The number of aryl methyl sites for hydroxylation is 2. The van der Waals surface area contributed by atoms with Crippen molar-refractivity contribution in [2.45, 2.75) is 20.4 Å². The Hall–Kier alpha value is -3.38. The second kappa shape index (κ2) is 9.18. The Kier molecular flexibility index (Phi) is 6.18. The first-order chi connectivity index (χ1) is 15.0. The number of thiazole rings is 1. The van der Waals surface area contributed by atoms with E-state index in [-0.39, 0.29) is 12.5 Å². The minimum atomic E-state index is -0.164. The predicted molar refractivity (Wildman–Crippen MR) is 125 cm³/mol. The molecule has 0 unspecified atom stereocenters. The van der Waals surface area contributed by atoms with Crippen molar-refractivity contribution >= 4 is 32.6 Å². The van der Waals surface area contributed by atoms with Crippen LogP contribution in [-0.4, -0.2) is 24.6 Å². The molecule has 3 aromatic carbocycles. The summed E-state index contributed by atoms with van der Waals surface area (Å²) in [7, 11) is 1.58. The Morgan fingerprint density at radius 2 is 1.71 bits per heavy atom. The van der Waals surface area contributed by atoms with Gasteiger partial charge in [-0.2, -0.15) is 0 Å². The van der Waals surface area contributed by atoms with Gasteiger partial charge in [-0.1, -0.05) is 59.9 Å². The molecule has 0 radical (unpaired) electrons. The van der Waals surface area contributed by atoms with Crippen molar-refractivity contribution in [3.05, 3.63) is 83.4 Å². The Bertz CT molecular complexity index is 1200. The van der Waals surface area contributed by atoms with E-state index in [1.54, 1.807) is 24.1 Å². The number of hydrogen-bond acceptors (Lipinski definition) is 5. The highest BCUT2D eigenvalue weighted by Crippen LogP contribution is 2.33. The molecule has 0 atom stereocenters. The van der Waals surface area contributed by atoms with Gasteiger partial charge >= 0.3 is 0 Å². The second-order valence-corrected chi connectivity index (χ2v) is 8.34. The van der Waals surface area contributed by atoms with Gasteiger partial charge < -0.3 is 9.47 Å². The lowest BCUT2D eigenvalue weighted by Crippen LogP contribution is -2.34. The highest BCUT2D eigenvalue weighted by Gasteiger charge is 2.22. The number of anilines is 1. The van der Waals surface area contributed by atoms with Crippen LogP contribution in [-0.2, 0) is 11.3 Å². The number of methoxy groups -OCH3 is 1. The molecule has 6 heteroatoms. The van der Waals surface area contributed by atoms with E-state index in [4.69, 9.17) is 14.5 Å². The number of fused-ring (bicyclic) bond motifs is 1. The van der Waals surface area contributed by atoms with E-state index < -0.39 is 0 Å². The van der Waals surface area contributed by atoms with Gasteiger partial charge in [0.05, 0.1) is 23.9 Å². The number of hydrogen-bond donors (Lipinski definition) is 0. The van der Waals surface area contributed by atoms with Gasteiger partial charge in [-0.3, -0.25) is 9.69 Å². The maximum absolute atomic E-state index is 13.3. The van der Waals surface area contributed by atoms with Crippen molar-refractivity contribution < 1.29 is 14.3 Å². The van der Waals surface area contributed by atoms with Crippen LogP contribution in [0.3, 0.4) is 0 Å². The van der Waals surface area contributed by atoms with E-state index in [9.17, 15) is 4.79 Å². The monoisotopic (exact) mass is 432 g/mol. The SMILES string of the molecule is COc1ccccc1OCC(=O)N(Cc1ccccc1)c1nc2c(C)cc(C)cc2s1. The molecule has 1 heterocycles. The number of amides is 1. The average molecular weight is 433 g/mol. The maximum Gasteiger partial charge on any atom is 0.267 e. The van der Waals surface area contributed by atoms with Crippen molar-refractivity contribution in [1.29, 1.82) is 0 Å². The van der Waals surface area contributed by atoms with Crippen LogP contribution in [0.15, 0.2) is 66.7 Å². The number of carbonyl (C=O) groups is 1. The standard InChI is InChI=1S/C25H24N2O3S/c1-17-13-18(2)24-22(14-17)31-25(26-24)27(15-19-9-5-4-6-10-19)23(28)16-30-21-12-8-7-11-20(21)29-3/h4-14H,15-16H2,1-3H3. The number of para-hydroxylation sites is 2. The van der Waals surface area contributed by atoms with Gasteiger partial charge in [0.25, 0.3) is 5.91 Å². The van der Waals surface area contributed by atoms with Crippen LogP contribution in [0.4, 0.5) is 5.13 Å². The minimum absolute atomic E-state index is 0.110. The normalized spacial score (nSPS) is 10.8. The van der Waals surface area contributed by atoms with E-state index in [1.807, 2.05) is 49.4 Å². The van der Waals surface area contributed by atoms with Crippen molar-refractivity contribution in [1.82, 2.24) is 4.98 Å². The molecule has 0 aliphatic rings. The zero-order valence-electron chi connectivity index (χ0n) is 17.8. The molecule has 1 aromatic heterocycles. The number of ether oxygens (including phenoxy) is 2. The third-order valence-corrected chi connectivity index (χ3v) is 5.98. The Morgan fingerprint density at radius 3 is 2.45 bits per heavy atom. The van der Waals surface area contributed by atoms with Gasteiger partial charge in [-0.15, -0.1) is 0 Å². The molecule has 0 aliphatic carbocycles. The number of rotatable bonds is 7. The largest absolute Gasteiger partial charge is 0.493 e. The molecule has 0 saturated carbocycles. The molecule has 158 valence electrons. The molecule has 0 bridgehead atoms. The Morgan fingerprint density at radius 1 is 1.00 bits per heavy atom. The zero-order valence-corrected chi connectivity index (χ0v) is 18.6. The van der Waals surface area contributed by atoms with E-state index in [0.717, 1.165) is 21.3 Å². The number of benzene rings is 3. The molecular weight excluding hydrogens is 408 g/mol. The fourth-order valence-corrected chi connectivity index (χ4v) is 4.62. The van der Waals surface area contributed by atoms with Crippen molar-refractivity contribution in [3.63, 3.8) is 0 Å². The zero-order chi connectivity index (χ0) is 21.8. The summed E-state index contributed by atoms with van der Waals surface area (Å²) in [4.78, 5) is 19.8. The smallest absolute Gasteiger partial charge is 0.267 e. The van der Waals surface area contributed by atoms with Gasteiger partial charge in [0.1, 0.15) is 0 Å². The van der Waals surface area contributed by atoms with Crippen LogP contribution in [0.25, 0.3) is 10.2 Å². The summed E-state index contributed by atoms with van der Waals surface area (Å²) in [5.41, 5.74) is 4.25. The lowest BCUT2D eigenvalue weighted by Gasteiger charge is -2.20. The molecule has 0 N–H and O–H groups in total. The quantitative estimate of drug-likeness (QED) is 0.385. The third kappa shape index (κ3) is 4.70. The highest BCUT2D eigenvalue weighted by atomic mass is 32.1. The Balaban J connectivity index is 1.64. The van der Waals surface area contributed by atoms with Crippen LogP contribution in [0, 0.1) is 13.8 Å². The van der Waals surface area contributed by atoms with Gasteiger partial charge in [0.2, 0.25) is 0 Å². The highest BCUT2D eigenvalue weighted by molar-refractivity contribution is 7.22. The molecule has 4 rings (SSSR count). The molecule has 1 amide bonds. The van der Waals surface area contributed by atoms with Crippen molar-refractivity contribution in [2.75, 3.05) is 18.6 Å². The fourth-order valence-electron chi connectivity index (χ4n) is 3.46. The van der Waals surface area contributed by atoms with Crippen molar-refractivity contribution in [3.8, 4) is 11.5 Å². The third-order valence-electron chi connectivity index (χ3n) is 4.95. The average Bonchev–Trinajstić information content (AvgIpc) is 3.20. The molecule has 0 spiro atoms. The summed E-state index contributed by atoms with van der Waals surface area (Å²) in [6.45, 7) is 4.43. The first-order valence-corrected chi connectivity index (χ1v) is 10.8. The van der Waals surface area contributed by atoms with Crippen LogP contribution >= 0.6 is 11.3 Å². The summed E-state index contributed by atoms with van der Waals surface area (Å²) in [6.07, 6.45) is 0. The van der Waals surface area contributed by atoms with Crippen LogP contribution in [0.2, 0.25) is 0 Å². The summed E-state index contributed by atoms with van der Waals surface area (Å²) in [5.74, 6) is 0.966. The predicted octanol–water partition coefficient (Wildman–Crippen LogP) is 5.53. The number of nitrogens with zero attached hydrogens (tertiary/aromatic N) is 2. The Labute approximate surface area is 185 Å². The minimum Gasteiger partial charge on any atom is -0.493 e. The lowest BCUT2D eigenvalue weighted by atomic mass is 10.1. The van der Waals surface area contributed by atoms with Crippen LogP contribution < -0.4 is 14.4 Å². The van der Waals surface area contributed by atoms with Gasteiger partial charge in [0, 0.05) is 0 Å². The first kappa shape index (κ1) is 20.9. The molecule has 4 aromatic rings. The lowest BCUT2D eigenvalue weighted by molar-refractivity contribution is -0.120.